The Hall–Kier alpha value is -0.560. The first kappa shape index (κ1) is 12.9. The zero-order valence-corrected chi connectivity index (χ0v) is 12.3. The lowest BCUT2D eigenvalue weighted by atomic mass is 10.3. The molecule has 1 aliphatic heterocycles. The minimum Gasteiger partial charge on any atom is -0.274 e. The smallest absolute Gasteiger partial charge is 0.247 e. The summed E-state index contributed by atoms with van der Waals surface area (Å²) in [6.07, 6.45) is 0.322. The Balaban J connectivity index is 2.27. The average molecular weight is 361 g/mol. The molecule has 0 radical (unpaired) electrons. The summed E-state index contributed by atoms with van der Waals surface area (Å²) in [6.45, 7) is 2.00. The van der Waals surface area contributed by atoms with Crippen LogP contribution < -0.4 is 4.90 Å². The minimum atomic E-state index is -0.203. The third-order valence-corrected chi connectivity index (χ3v) is 4.31. The second-order valence-electron chi connectivity index (χ2n) is 3.70. The van der Waals surface area contributed by atoms with E-state index in [0.29, 0.717) is 12.1 Å². The summed E-state index contributed by atoms with van der Waals surface area (Å²) >= 11 is 3.71. The van der Waals surface area contributed by atoms with E-state index in [9.17, 15) is 9.59 Å². The Morgan fingerprint density at radius 2 is 2.24 bits per heavy atom. The third kappa shape index (κ3) is 2.65. The van der Waals surface area contributed by atoms with Gasteiger partial charge in [-0.25, -0.2) is 4.90 Å². The van der Waals surface area contributed by atoms with Crippen molar-refractivity contribution in [3.63, 3.8) is 0 Å². The molecular weight excluding hydrogens is 349 g/mol. The molecule has 1 atom stereocenters. The van der Waals surface area contributed by atoms with Crippen molar-refractivity contribution in [2.24, 2.45) is 0 Å². The fourth-order valence-electron chi connectivity index (χ4n) is 1.82. The number of halogens is 1. The molecule has 0 aromatic heterocycles. The fourth-order valence-corrected chi connectivity index (χ4v) is 3.26. The van der Waals surface area contributed by atoms with Crippen molar-refractivity contribution in [3.05, 3.63) is 27.8 Å². The molecule has 17 heavy (non-hydrogen) atoms. The van der Waals surface area contributed by atoms with E-state index in [0.717, 1.165) is 9.32 Å². The molecular formula is C12H12INO2S. The number of hydrogen-bond acceptors (Lipinski definition) is 3. The van der Waals surface area contributed by atoms with Crippen LogP contribution in [0.25, 0.3) is 0 Å². The summed E-state index contributed by atoms with van der Waals surface area (Å²) in [7, 11) is 0. The largest absolute Gasteiger partial charge is 0.274 e. The number of benzene rings is 1. The van der Waals surface area contributed by atoms with Gasteiger partial charge < -0.3 is 0 Å². The maximum absolute atomic E-state index is 12.1. The zero-order chi connectivity index (χ0) is 12.4. The standard InChI is InChI=1S/C12H12INO2S/c1-2-17-10-7-11(15)14(12(10)16)9-5-3-4-8(13)6-9/h3-6,10H,2,7H2,1H3. The highest BCUT2D eigenvalue weighted by molar-refractivity contribution is 14.1. The molecule has 1 unspecified atom stereocenters. The van der Waals surface area contributed by atoms with Crippen LogP contribution in [0.4, 0.5) is 5.69 Å². The lowest BCUT2D eigenvalue weighted by Crippen LogP contribution is -2.31. The van der Waals surface area contributed by atoms with Crippen LogP contribution in [0.2, 0.25) is 0 Å². The van der Waals surface area contributed by atoms with Crippen LogP contribution in [0, 0.1) is 3.57 Å². The number of hydrogen-bond donors (Lipinski definition) is 0. The summed E-state index contributed by atoms with van der Waals surface area (Å²) in [5.41, 5.74) is 0.686. The first-order valence-electron chi connectivity index (χ1n) is 5.37. The molecule has 1 fully saturated rings. The second-order valence-corrected chi connectivity index (χ2v) is 6.42. The quantitative estimate of drug-likeness (QED) is 0.614. The fraction of sp³-hybridized carbons (Fsp3) is 0.333. The lowest BCUT2D eigenvalue weighted by Gasteiger charge is -2.14. The molecule has 2 rings (SSSR count). The van der Waals surface area contributed by atoms with E-state index in [4.69, 9.17) is 0 Å². The van der Waals surface area contributed by atoms with Crippen LogP contribution in [0.1, 0.15) is 13.3 Å². The van der Waals surface area contributed by atoms with Gasteiger partial charge in [0.15, 0.2) is 0 Å². The maximum Gasteiger partial charge on any atom is 0.247 e. The van der Waals surface area contributed by atoms with Gasteiger partial charge in [-0.2, -0.15) is 0 Å². The molecule has 1 aromatic rings. The second kappa shape index (κ2) is 5.39. The molecule has 0 spiro atoms. The van der Waals surface area contributed by atoms with Crippen LogP contribution in [0.3, 0.4) is 0 Å². The number of carbonyl (C=O) groups is 2. The van der Waals surface area contributed by atoms with E-state index >= 15 is 0 Å². The molecule has 0 bridgehead atoms. The Kier molecular flexibility index (Phi) is 4.09. The molecule has 1 aliphatic rings. The number of imide groups is 1. The zero-order valence-electron chi connectivity index (χ0n) is 9.35. The molecule has 1 saturated heterocycles. The van der Waals surface area contributed by atoms with Gasteiger partial charge in [0, 0.05) is 9.99 Å². The van der Waals surface area contributed by atoms with Gasteiger partial charge in [0.25, 0.3) is 0 Å². The summed E-state index contributed by atoms with van der Waals surface area (Å²) in [6, 6.07) is 7.46. The van der Waals surface area contributed by atoms with E-state index in [1.807, 2.05) is 25.1 Å². The minimum absolute atomic E-state index is 0.0798. The molecule has 0 aliphatic carbocycles. The summed E-state index contributed by atoms with van der Waals surface area (Å²) in [4.78, 5) is 25.3. The number of anilines is 1. The highest BCUT2D eigenvalue weighted by Crippen LogP contribution is 2.29. The first-order chi connectivity index (χ1) is 8.13. The lowest BCUT2D eigenvalue weighted by molar-refractivity contribution is -0.121. The van der Waals surface area contributed by atoms with Crippen LogP contribution in [-0.2, 0) is 9.59 Å². The van der Waals surface area contributed by atoms with Crippen molar-refractivity contribution in [3.8, 4) is 0 Å². The maximum atomic E-state index is 12.1. The highest BCUT2D eigenvalue weighted by atomic mass is 127. The van der Waals surface area contributed by atoms with Crippen molar-refractivity contribution in [2.75, 3.05) is 10.7 Å². The molecule has 0 saturated carbocycles. The van der Waals surface area contributed by atoms with E-state index < -0.39 is 0 Å². The van der Waals surface area contributed by atoms with Crippen molar-refractivity contribution < 1.29 is 9.59 Å². The monoisotopic (exact) mass is 361 g/mol. The van der Waals surface area contributed by atoms with Gasteiger partial charge in [0.2, 0.25) is 11.8 Å². The van der Waals surface area contributed by atoms with E-state index in [1.54, 1.807) is 6.07 Å². The van der Waals surface area contributed by atoms with Gasteiger partial charge in [-0.3, -0.25) is 9.59 Å². The Labute approximate surface area is 118 Å². The number of thioether (sulfide) groups is 1. The average Bonchev–Trinajstić information content (AvgIpc) is 2.55. The van der Waals surface area contributed by atoms with Gasteiger partial charge in [-0.15, -0.1) is 11.8 Å². The van der Waals surface area contributed by atoms with Gasteiger partial charge in [0.1, 0.15) is 0 Å². The van der Waals surface area contributed by atoms with Crippen molar-refractivity contribution in [2.45, 2.75) is 18.6 Å². The summed E-state index contributed by atoms with van der Waals surface area (Å²) in [5, 5.41) is -0.203. The Bertz CT molecular complexity index is 464. The molecule has 5 heteroatoms. The van der Waals surface area contributed by atoms with Gasteiger partial charge in [-0.1, -0.05) is 13.0 Å². The van der Waals surface area contributed by atoms with Gasteiger partial charge >= 0.3 is 0 Å². The van der Waals surface area contributed by atoms with Crippen LogP contribution in [0.5, 0.6) is 0 Å². The number of rotatable bonds is 3. The molecule has 90 valence electrons. The van der Waals surface area contributed by atoms with E-state index in [2.05, 4.69) is 22.6 Å². The van der Waals surface area contributed by atoms with Crippen molar-refractivity contribution in [1.82, 2.24) is 0 Å². The third-order valence-electron chi connectivity index (χ3n) is 2.54. The number of amides is 2. The predicted octanol–water partition coefficient (Wildman–Crippen LogP) is 2.68. The molecule has 1 aromatic carbocycles. The number of nitrogens with zero attached hydrogens (tertiary/aromatic N) is 1. The topological polar surface area (TPSA) is 37.4 Å². The Morgan fingerprint density at radius 1 is 1.47 bits per heavy atom. The van der Waals surface area contributed by atoms with Crippen molar-refractivity contribution in [1.29, 1.82) is 0 Å². The summed E-state index contributed by atoms with van der Waals surface area (Å²) in [5.74, 6) is 0.677. The van der Waals surface area contributed by atoms with Crippen LogP contribution in [-0.4, -0.2) is 22.8 Å². The van der Waals surface area contributed by atoms with Gasteiger partial charge in [0.05, 0.1) is 10.9 Å². The van der Waals surface area contributed by atoms with Crippen molar-refractivity contribution >= 4 is 51.9 Å². The molecule has 3 nitrogen and oxygen atoms in total. The highest BCUT2D eigenvalue weighted by Gasteiger charge is 2.39. The molecule has 0 N–H and O–H groups in total. The molecule has 1 heterocycles. The Morgan fingerprint density at radius 3 is 2.88 bits per heavy atom. The first-order valence-corrected chi connectivity index (χ1v) is 7.50. The SMILES string of the molecule is CCSC1CC(=O)N(c2cccc(I)c2)C1=O. The van der Waals surface area contributed by atoms with E-state index in [-0.39, 0.29) is 17.1 Å². The normalized spacial score (nSPS) is 20.1. The summed E-state index contributed by atoms with van der Waals surface area (Å²) < 4.78 is 1.02. The van der Waals surface area contributed by atoms with Crippen LogP contribution in [0.15, 0.2) is 24.3 Å². The van der Waals surface area contributed by atoms with Crippen LogP contribution >= 0.6 is 34.4 Å². The van der Waals surface area contributed by atoms with Gasteiger partial charge in [-0.05, 0) is 46.5 Å². The van der Waals surface area contributed by atoms with E-state index in [1.165, 1.54) is 16.7 Å². The predicted molar refractivity (Wildman–Crippen MR) is 78.2 cm³/mol. The molecule has 2 amide bonds. The number of carbonyl (C=O) groups excluding carboxylic acids is 2.